The summed E-state index contributed by atoms with van der Waals surface area (Å²) in [5, 5.41) is 11.6. The number of carbonyl (C=O) groups excluding carboxylic acids is 2. The third-order valence-electron chi connectivity index (χ3n) is 6.18. The third-order valence-corrected chi connectivity index (χ3v) is 6.48. The lowest BCUT2D eigenvalue weighted by atomic mass is 9.95. The molecule has 1 N–H and O–H groups in total. The number of nitrogens with zero attached hydrogens (tertiary/aromatic N) is 2. The number of methoxy groups -OCH3 is 1. The average molecular weight is 521 g/mol. The van der Waals surface area contributed by atoms with E-state index in [1.54, 1.807) is 42.5 Å². The van der Waals surface area contributed by atoms with E-state index < -0.39 is 17.7 Å². The van der Waals surface area contributed by atoms with Gasteiger partial charge in [-0.1, -0.05) is 30.7 Å². The van der Waals surface area contributed by atoms with Gasteiger partial charge in [0.2, 0.25) is 0 Å². The standard InChI is InChI=1S/C29H29ClN2O5/c1-5-16-37-22-13-8-19(9-14-22)27(33)25-26(18-6-10-20(11-7-18)31(2)3)32(29(35)28(25)34)21-12-15-24(36-4)23(30)17-21/h6-15,17,26,33H,5,16H2,1-4H3/b27-25+. The maximum Gasteiger partial charge on any atom is 0.300 e. The smallest absolute Gasteiger partial charge is 0.300 e. The molecule has 3 aromatic carbocycles. The Balaban J connectivity index is 1.86. The highest BCUT2D eigenvalue weighted by Gasteiger charge is 2.47. The summed E-state index contributed by atoms with van der Waals surface area (Å²) < 4.78 is 10.9. The highest BCUT2D eigenvalue weighted by molar-refractivity contribution is 6.51. The van der Waals surface area contributed by atoms with Gasteiger partial charge in [0.05, 0.1) is 30.4 Å². The summed E-state index contributed by atoms with van der Waals surface area (Å²) in [6, 6.07) is 18.3. The van der Waals surface area contributed by atoms with Gasteiger partial charge in [-0.3, -0.25) is 14.5 Å². The number of carbonyl (C=O) groups is 2. The van der Waals surface area contributed by atoms with Crippen LogP contribution >= 0.6 is 11.6 Å². The molecule has 0 spiro atoms. The molecule has 1 heterocycles. The molecule has 37 heavy (non-hydrogen) atoms. The van der Waals surface area contributed by atoms with Crippen LogP contribution in [0.4, 0.5) is 11.4 Å². The SMILES string of the molecule is CCCOc1ccc(/C(O)=C2\C(=O)C(=O)N(c3ccc(OC)c(Cl)c3)C2c2ccc(N(C)C)cc2)cc1. The van der Waals surface area contributed by atoms with Crippen molar-refractivity contribution in [2.24, 2.45) is 0 Å². The fourth-order valence-corrected chi connectivity index (χ4v) is 4.51. The minimum atomic E-state index is -0.864. The largest absolute Gasteiger partial charge is 0.507 e. The van der Waals surface area contributed by atoms with E-state index in [-0.39, 0.29) is 11.3 Å². The number of amides is 1. The molecule has 0 aromatic heterocycles. The summed E-state index contributed by atoms with van der Waals surface area (Å²) >= 11 is 6.36. The Bertz CT molecular complexity index is 1330. The number of hydrogen-bond donors (Lipinski definition) is 1. The fraction of sp³-hybridized carbons (Fsp3) is 0.241. The predicted molar refractivity (Wildman–Crippen MR) is 146 cm³/mol. The maximum atomic E-state index is 13.4. The molecule has 3 aromatic rings. The second-order valence-corrected chi connectivity index (χ2v) is 9.25. The second-order valence-electron chi connectivity index (χ2n) is 8.85. The van der Waals surface area contributed by atoms with Crippen LogP contribution in [0.25, 0.3) is 5.76 Å². The molecule has 0 aliphatic carbocycles. The van der Waals surface area contributed by atoms with Crippen molar-refractivity contribution in [3.63, 3.8) is 0 Å². The van der Waals surface area contributed by atoms with Crippen molar-refractivity contribution in [2.45, 2.75) is 19.4 Å². The lowest BCUT2D eigenvalue weighted by Crippen LogP contribution is -2.29. The van der Waals surface area contributed by atoms with Crippen LogP contribution in [-0.4, -0.2) is 44.6 Å². The van der Waals surface area contributed by atoms with Crippen molar-refractivity contribution in [1.29, 1.82) is 0 Å². The molecule has 1 amide bonds. The fourth-order valence-electron chi connectivity index (χ4n) is 4.26. The van der Waals surface area contributed by atoms with E-state index in [0.717, 1.165) is 12.1 Å². The zero-order chi connectivity index (χ0) is 26.7. The lowest BCUT2D eigenvalue weighted by molar-refractivity contribution is -0.132. The Labute approximate surface area is 221 Å². The van der Waals surface area contributed by atoms with Crippen molar-refractivity contribution >= 4 is 40.4 Å². The van der Waals surface area contributed by atoms with Gasteiger partial charge in [0.1, 0.15) is 17.3 Å². The Kier molecular flexibility index (Phi) is 7.74. The molecule has 0 bridgehead atoms. The second kappa shape index (κ2) is 11.0. The third kappa shape index (κ3) is 5.13. The minimum Gasteiger partial charge on any atom is -0.507 e. The molecule has 1 unspecified atom stereocenters. The molecule has 1 aliphatic rings. The molecule has 1 aliphatic heterocycles. The Morgan fingerprint density at radius 1 is 1.03 bits per heavy atom. The van der Waals surface area contributed by atoms with Crippen molar-refractivity contribution in [1.82, 2.24) is 0 Å². The molecule has 8 heteroatoms. The zero-order valence-electron chi connectivity index (χ0n) is 21.2. The van der Waals surface area contributed by atoms with Crippen molar-refractivity contribution < 1.29 is 24.2 Å². The van der Waals surface area contributed by atoms with Crippen LogP contribution in [0.5, 0.6) is 11.5 Å². The van der Waals surface area contributed by atoms with Crippen LogP contribution in [0.15, 0.2) is 72.3 Å². The van der Waals surface area contributed by atoms with E-state index in [0.29, 0.717) is 39.9 Å². The molecule has 1 atom stereocenters. The predicted octanol–water partition coefficient (Wildman–Crippen LogP) is 5.83. The molecular weight excluding hydrogens is 492 g/mol. The van der Waals surface area contributed by atoms with Gasteiger partial charge >= 0.3 is 0 Å². The van der Waals surface area contributed by atoms with Gasteiger partial charge in [-0.2, -0.15) is 0 Å². The van der Waals surface area contributed by atoms with E-state index in [2.05, 4.69) is 0 Å². The van der Waals surface area contributed by atoms with Crippen LogP contribution in [0, 0.1) is 0 Å². The number of aliphatic hydroxyl groups is 1. The molecule has 1 fully saturated rings. The first-order chi connectivity index (χ1) is 17.8. The van der Waals surface area contributed by atoms with E-state index in [1.807, 2.05) is 50.2 Å². The summed E-state index contributed by atoms with van der Waals surface area (Å²) in [6.45, 7) is 2.59. The minimum absolute atomic E-state index is 0.00299. The summed E-state index contributed by atoms with van der Waals surface area (Å²) in [6.07, 6.45) is 0.868. The molecule has 1 saturated heterocycles. The molecular formula is C29H29ClN2O5. The Hall–Kier alpha value is -3.97. The normalized spacial score (nSPS) is 16.7. The average Bonchev–Trinajstić information content (AvgIpc) is 3.17. The number of ether oxygens (including phenoxy) is 2. The molecule has 7 nitrogen and oxygen atoms in total. The monoisotopic (exact) mass is 520 g/mol. The molecule has 4 rings (SSSR count). The van der Waals surface area contributed by atoms with Crippen LogP contribution in [0.3, 0.4) is 0 Å². The number of hydrogen-bond acceptors (Lipinski definition) is 6. The number of anilines is 2. The van der Waals surface area contributed by atoms with Crippen molar-refractivity contribution in [3.05, 3.63) is 88.5 Å². The zero-order valence-corrected chi connectivity index (χ0v) is 22.0. The topological polar surface area (TPSA) is 79.3 Å². The highest BCUT2D eigenvalue weighted by Crippen LogP contribution is 2.44. The van der Waals surface area contributed by atoms with Gasteiger partial charge in [0.15, 0.2) is 0 Å². The summed E-state index contributed by atoms with van der Waals surface area (Å²) in [4.78, 5) is 30.1. The number of benzene rings is 3. The number of ketones is 1. The molecule has 0 saturated carbocycles. The number of aliphatic hydroxyl groups excluding tert-OH is 1. The number of Topliss-reactive ketones (excluding diaryl/α,β-unsaturated/α-hetero) is 1. The maximum absolute atomic E-state index is 13.4. The van der Waals surface area contributed by atoms with E-state index in [1.165, 1.54) is 12.0 Å². The first-order valence-electron chi connectivity index (χ1n) is 11.9. The van der Waals surface area contributed by atoms with Crippen LogP contribution < -0.4 is 19.3 Å². The highest BCUT2D eigenvalue weighted by atomic mass is 35.5. The molecule has 192 valence electrons. The van der Waals surface area contributed by atoms with Gasteiger partial charge in [-0.25, -0.2) is 0 Å². The van der Waals surface area contributed by atoms with Gasteiger partial charge in [-0.15, -0.1) is 0 Å². The Morgan fingerprint density at radius 3 is 2.27 bits per heavy atom. The number of rotatable bonds is 8. The van der Waals surface area contributed by atoms with E-state index >= 15 is 0 Å². The summed E-state index contributed by atoms with van der Waals surface area (Å²) in [7, 11) is 5.35. The van der Waals surface area contributed by atoms with Crippen LogP contribution in [0.1, 0.15) is 30.5 Å². The summed E-state index contributed by atoms with van der Waals surface area (Å²) in [5.41, 5.74) is 2.44. The Morgan fingerprint density at radius 2 is 1.70 bits per heavy atom. The van der Waals surface area contributed by atoms with E-state index in [4.69, 9.17) is 21.1 Å². The van der Waals surface area contributed by atoms with Gasteiger partial charge < -0.3 is 19.5 Å². The first kappa shape index (κ1) is 26.1. The van der Waals surface area contributed by atoms with Gasteiger partial charge in [0.25, 0.3) is 11.7 Å². The lowest BCUT2D eigenvalue weighted by Gasteiger charge is -2.26. The summed E-state index contributed by atoms with van der Waals surface area (Å²) in [5.74, 6) is -0.698. The van der Waals surface area contributed by atoms with Crippen molar-refractivity contribution in [3.8, 4) is 11.5 Å². The molecule has 0 radical (unpaired) electrons. The van der Waals surface area contributed by atoms with Crippen LogP contribution in [-0.2, 0) is 9.59 Å². The van der Waals surface area contributed by atoms with Crippen molar-refractivity contribution in [2.75, 3.05) is 37.6 Å². The first-order valence-corrected chi connectivity index (χ1v) is 12.3. The van der Waals surface area contributed by atoms with Crippen LogP contribution in [0.2, 0.25) is 5.02 Å². The quantitative estimate of drug-likeness (QED) is 0.229. The number of halogens is 1. The van der Waals surface area contributed by atoms with Gasteiger partial charge in [0, 0.05) is 31.0 Å². The van der Waals surface area contributed by atoms with Gasteiger partial charge in [-0.05, 0) is 66.6 Å². The van der Waals surface area contributed by atoms with E-state index in [9.17, 15) is 14.7 Å².